The van der Waals surface area contributed by atoms with Crippen molar-refractivity contribution < 1.29 is 13.5 Å². The molecular weight excluding hydrogens is 274 g/mol. The minimum atomic E-state index is -3.53. The summed E-state index contributed by atoms with van der Waals surface area (Å²) in [5.74, 6) is 0.569. The lowest BCUT2D eigenvalue weighted by atomic mass is 9.87. The third kappa shape index (κ3) is 3.05. The molecule has 1 N–H and O–H groups in total. The first-order valence-electron chi connectivity index (χ1n) is 7.13. The molecule has 0 aromatic heterocycles. The molecule has 4 nitrogen and oxygen atoms in total. The van der Waals surface area contributed by atoms with E-state index in [1.807, 2.05) is 0 Å². The molecule has 0 saturated heterocycles. The molecule has 112 valence electrons. The maximum Gasteiger partial charge on any atom is 0.243 e. The molecule has 0 spiro atoms. The zero-order chi connectivity index (χ0) is 14.8. The number of hydrogen-bond donors (Lipinski definition) is 1. The van der Waals surface area contributed by atoms with Crippen LogP contribution in [0.15, 0.2) is 29.2 Å². The number of aliphatic hydroxyl groups is 1. The van der Waals surface area contributed by atoms with E-state index in [4.69, 9.17) is 0 Å². The summed E-state index contributed by atoms with van der Waals surface area (Å²) in [5, 5.41) is 9.33. The average Bonchev–Trinajstić information content (AvgIpc) is 2.46. The van der Waals surface area contributed by atoms with Crippen molar-refractivity contribution in [3.63, 3.8) is 0 Å². The molecule has 5 heteroatoms. The quantitative estimate of drug-likeness (QED) is 0.928. The van der Waals surface area contributed by atoms with Gasteiger partial charge in [-0.05, 0) is 30.4 Å². The van der Waals surface area contributed by atoms with Crippen LogP contribution >= 0.6 is 0 Å². The van der Waals surface area contributed by atoms with E-state index in [2.05, 4.69) is 6.92 Å². The van der Waals surface area contributed by atoms with Gasteiger partial charge in [0, 0.05) is 13.1 Å². The van der Waals surface area contributed by atoms with Crippen molar-refractivity contribution in [3.8, 4) is 0 Å². The van der Waals surface area contributed by atoms with Crippen LogP contribution in [0.3, 0.4) is 0 Å². The summed E-state index contributed by atoms with van der Waals surface area (Å²) in [6, 6.07) is 6.74. The fourth-order valence-electron chi connectivity index (χ4n) is 2.97. The Bertz CT molecular complexity index is 556. The summed E-state index contributed by atoms with van der Waals surface area (Å²) in [6.07, 6.45) is 4.09. The molecule has 1 fully saturated rings. The van der Waals surface area contributed by atoms with E-state index in [1.54, 1.807) is 31.3 Å². The highest BCUT2D eigenvalue weighted by molar-refractivity contribution is 7.89. The Morgan fingerprint density at radius 2 is 2.00 bits per heavy atom. The lowest BCUT2D eigenvalue weighted by Gasteiger charge is -2.33. The van der Waals surface area contributed by atoms with E-state index >= 15 is 0 Å². The number of rotatable bonds is 4. The van der Waals surface area contributed by atoms with Crippen LogP contribution in [0.2, 0.25) is 0 Å². The second kappa shape index (κ2) is 6.24. The fourth-order valence-corrected chi connectivity index (χ4v) is 4.58. The first-order valence-corrected chi connectivity index (χ1v) is 8.57. The van der Waals surface area contributed by atoms with E-state index in [0.29, 0.717) is 11.5 Å². The van der Waals surface area contributed by atoms with E-state index in [-0.39, 0.29) is 17.5 Å². The van der Waals surface area contributed by atoms with Crippen molar-refractivity contribution in [2.75, 3.05) is 7.05 Å². The lowest BCUT2D eigenvalue weighted by molar-refractivity contribution is 0.238. The molecule has 2 unspecified atom stereocenters. The van der Waals surface area contributed by atoms with Gasteiger partial charge in [-0.2, -0.15) is 4.31 Å². The van der Waals surface area contributed by atoms with E-state index < -0.39 is 10.0 Å². The summed E-state index contributed by atoms with van der Waals surface area (Å²) in [7, 11) is -1.87. The molecule has 0 amide bonds. The maximum absolute atomic E-state index is 12.7. The van der Waals surface area contributed by atoms with Gasteiger partial charge in [-0.3, -0.25) is 0 Å². The Hall–Kier alpha value is -0.910. The van der Waals surface area contributed by atoms with E-state index in [0.717, 1.165) is 19.3 Å². The Morgan fingerprint density at radius 1 is 1.30 bits per heavy atom. The van der Waals surface area contributed by atoms with Crippen molar-refractivity contribution in [1.29, 1.82) is 0 Å². The normalized spacial score (nSPS) is 24.0. The number of nitrogens with zero attached hydrogens (tertiary/aromatic N) is 1. The number of benzene rings is 1. The molecule has 1 aliphatic rings. The zero-order valence-corrected chi connectivity index (χ0v) is 12.9. The first-order chi connectivity index (χ1) is 9.46. The third-order valence-electron chi connectivity index (χ3n) is 4.22. The van der Waals surface area contributed by atoms with Crippen LogP contribution in [0.25, 0.3) is 0 Å². The summed E-state index contributed by atoms with van der Waals surface area (Å²) >= 11 is 0. The van der Waals surface area contributed by atoms with Gasteiger partial charge in [-0.25, -0.2) is 8.42 Å². The molecule has 1 aliphatic carbocycles. The van der Waals surface area contributed by atoms with Crippen molar-refractivity contribution in [1.82, 2.24) is 4.31 Å². The van der Waals surface area contributed by atoms with Crippen LogP contribution in [0, 0.1) is 5.92 Å². The van der Waals surface area contributed by atoms with E-state index in [1.165, 1.54) is 10.7 Å². The van der Waals surface area contributed by atoms with Gasteiger partial charge in [0.15, 0.2) is 0 Å². The molecule has 2 rings (SSSR count). The van der Waals surface area contributed by atoms with Crippen molar-refractivity contribution in [2.24, 2.45) is 5.92 Å². The highest BCUT2D eigenvalue weighted by Gasteiger charge is 2.31. The molecule has 0 bridgehead atoms. The van der Waals surface area contributed by atoms with Crippen molar-refractivity contribution >= 4 is 10.0 Å². The maximum atomic E-state index is 12.7. The second-order valence-corrected chi connectivity index (χ2v) is 7.68. The highest BCUT2D eigenvalue weighted by Crippen LogP contribution is 2.30. The van der Waals surface area contributed by atoms with Crippen LogP contribution in [-0.2, 0) is 16.6 Å². The molecule has 2 atom stereocenters. The SMILES string of the molecule is CC1CCCC(N(C)S(=O)(=O)c2ccccc2CO)C1. The number of hydrogen-bond acceptors (Lipinski definition) is 3. The van der Waals surface area contributed by atoms with Gasteiger partial charge in [0.05, 0.1) is 11.5 Å². The Kier molecular flexibility index (Phi) is 4.83. The zero-order valence-electron chi connectivity index (χ0n) is 12.1. The summed E-state index contributed by atoms with van der Waals surface area (Å²) in [4.78, 5) is 0.225. The van der Waals surface area contributed by atoms with Gasteiger partial charge in [0.1, 0.15) is 0 Å². The standard InChI is InChI=1S/C15H23NO3S/c1-12-6-5-8-14(10-12)16(2)20(18,19)15-9-4-3-7-13(15)11-17/h3-4,7,9,12,14,17H,5-6,8,10-11H2,1-2H3. The Balaban J connectivity index is 2.29. The predicted molar refractivity (Wildman–Crippen MR) is 78.7 cm³/mol. The second-order valence-electron chi connectivity index (χ2n) is 5.71. The lowest BCUT2D eigenvalue weighted by Crippen LogP contribution is -2.40. The first kappa shape index (κ1) is 15.5. The van der Waals surface area contributed by atoms with Gasteiger partial charge >= 0.3 is 0 Å². The van der Waals surface area contributed by atoms with Gasteiger partial charge in [-0.15, -0.1) is 0 Å². The van der Waals surface area contributed by atoms with Crippen molar-refractivity contribution in [3.05, 3.63) is 29.8 Å². The molecule has 0 radical (unpaired) electrons. The minimum Gasteiger partial charge on any atom is -0.392 e. The molecule has 1 aromatic rings. The van der Waals surface area contributed by atoms with Crippen LogP contribution in [0.1, 0.15) is 38.2 Å². The molecule has 1 aromatic carbocycles. The van der Waals surface area contributed by atoms with Gasteiger partial charge in [0.25, 0.3) is 0 Å². The molecule has 20 heavy (non-hydrogen) atoms. The number of sulfonamides is 1. The smallest absolute Gasteiger partial charge is 0.243 e. The number of aliphatic hydroxyl groups excluding tert-OH is 1. The predicted octanol–water partition coefficient (Wildman–Crippen LogP) is 2.38. The fraction of sp³-hybridized carbons (Fsp3) is 0.600. The Morgan fingerprint density at radius 3 is 2.65 bits per heavy atom. The third-order valence-corrected chi connectivity index (χ3v) is 6.23. The molecule has 1 saturated carbocycles. The molecular formula is C15H23NO3S. The topological polar surface area (TPSA) is 57.6 Å². The molecule has 0 heterocycles. The van der Waals surface area contributed by atoms with E-state index in [9.17, 15) is 13.5 Å². The van der Waals surface area contributed by atoms with Crippen LogP contribution < -0.4 is 0 Å². The minimum absolute atomic E-state index is 0.0653. The van der Waals surface area contributed by atoms with Gasteiger partial charge in [-0.1, -0.05) is 38.0 Å². The van der Waals surface area contributed by atoms with Gasteiger partial charge in [0.2, 0.25) is 10.0 Å². The Labute approximate surface area is 121 Å². The summed E-state index contributed by atoms with van der Waals surface area (Å²) < 4.78 is 27.0. The van der Waals surface area contributed by atoms with Gasteiger partial charge < -0.3 is 5.11 Å². The summed E-state index contributed by atoms with van der Waals surface area (Å²) in [6.45, 7) is 1.92. The van der Waals surface area contributed by atoms with Crippen LogP contribution in [0.5, 0.6) is 0 Å². The van der Waals surface area contributed by atoms with Crippen LogP contribution in [0.4, 0.5) is 0 Å². The summed E-state index contributed by atoms with van der Waals surface area (Å²) in [5.41, 5.74) is 0.461. The average molecular weight is 297 g/mol. The van der Waals surface area contributed by atoms with Crippen molar-refractivity contribution in [2.45, 2.75) is 50.2 Å². The van der Waals surface area contributed by atoms with Crippen LogP contribution in [-0.4, -0.2) is 30.9 Å². The monoisotopic (exact) mass is 297 g/mol. The highest BCUT2D eigenvalue weighted by atomic mass is 32.2. The largest absolute Gasteiger partial charge is 0.392 e. The molecule has 0 aliphatic heterocycles.